The lowest BCUT2D eigenvalue weighted by Gasteiger charge is -2.35. The van der Waals surface area contributed by atoms with Gasteiger partial charge in [0.1, 0.15) is 5.82 Å². The summed E-state index contributed by atoms with van der Waals surface area (Å²) < 4.78 is 46.4. The molecule has 0 radical (unpaired) electrons. The van der Waals surface area contributed by atoms with E-state index < -0.39 is 16.1 Å². The van der Waals surface area contributed by atoms with E-state index >= 15 is 0 Å². The summed E-state index contributed by atoms with van der Waals surface area (Å²) in [6.07, 6.45) is 0.733. The highest BCUT2D eigenvalue weighted by atomic mass is 35.5. The van der Waals surface area contributed by atoms with Gasteiger partial charge in [-0.3, -0.25) is 0 Å². The first-order valence-electron chi connectivity index (χ1n) is 8.58. The molecule has 1 heterocycles. The van der Waals surface area contributed by atoms with E-state index in [1.54, 1.807) is 31.4 Å². The Morgan fingerprint density at radius 2 is 1.96 bits per heavy atom. The molecule has 0 spiro atoms. The molecule has 1 saturated heterocycles. The molecule has 148 valence electrons. The van der Waals surface area contributed by atoms with Gasteiger partial charge in [-0.1, -0.05) is 24.3 Å². The number of hydrogen-bond donors (Lipinski definition) is 1. The molecule has 27 heavy (non-hydrogen) atoms. The molecule has 8 heteroatoms. The van der Waals surface area contributed by atoms with Crippen molar-refractivity contribution < 1.29 is 17.5 Å². The number of benzene rings is 2. The Kier molecular flexibility index (Phi) is 7.76. The Labute approximate surface area is 166 Å². The van der Waals surface area contributed by atoms with Gasteiger partial charge >= 0.3 is 0 Å². The zero-order valence-electron chi connectivity index (χ0n) is 15.1. The Hall–Kier alpha value is -1.51. The predicted molar refractivity (Wildman–Crippen MR) is 105 cm³/mol. The summed E-state index contributed by atoms with van der Waals surface area (Å²) in [5.41, 5.74) is 1.67. The molecule has 1 atom stereocenters. The fraction of sp³-hybridized carbons (Fsp3) is 0.368. The molecule has 1 aliphatic heterocycles. The van der Waals surface area contributed by atoms with Gasteiger partial charge in [-0.05, 0) is 41.8 Å². The number of methoxy groups -OCH3 is 1. The molecule has 2 aromatic rings. The molecule has 0 aliphatic carbocycles. The van der Waals surface area contributed by atoms with Crippen LogP contribution in [-0.4, -0.2) is 46.1 Å². The lowest BCUT2D eigenvalue weighted by atomic mass is 10.1. The number of sulfonamides is 1. The van der Waals surface area contributed by atoms with E-state index in [4.69, 9.17) is 4.74 Å². The smallest absolute Gasteiger partial charge is 0.243 e. The molecule has 0 bridgehead atoms. The van der Waals surface area contributed by atoms with Gasteiger partial charge in [0.25, 0.3) is 0 Å². The molecular formula is C19H24ClFN2O3S. The van der Waals surface area contributed by atoms with E-state index in [0.717, 1.165) is 12.0 Å². The van der Waals surface area contributed by atoms with Crippen LogP contribution in [0.1, 0.15) is 17.2 Å². The van der Waals surface area contributed by atoms with Crippen LogP contribution in [0.5, 0.6) is 0 Å². The highest BCUT2D eigenvalue weighted by Crippen LogP contribution is 2.29. The zero-order chi connectivity index (χ0) is 18.6. The van der Waals surface area contributed by atoms with Gasteiger partial charge in [-0.15, -0.1) is 12.4 Å². The number of piperazine rings is 1. The lowest BCUT2D eigenvalue weighted by molar-refractivity contribution is 0.202. The molecule has 0 amide bonds. The molecule has 1 N–H and O–H groups in total. The maximum absolute atomic E-state index is 13.6. The highest BCUT2D eigenvalue weighted by molar-refractivity contribution is 7.89. The van der Waals surface area contributed by atoms with E-state index in [1.165, 1.54) is 16.4 Å². The van der Waals surface area contributed by atoms with E-state index in [1.807, 2.05) is 12.1 Å². The van der Waals surface area contributed by atoms with Crippen molar-refractivity contribution >= 4 is 22.4 Å². The molecule has 1 aliphatic rings. The summed E-state index contributed by atoms with van der Waals surface area (Å²) in [5.74, 6) is -0.368. The van der Waals surface area contributed by atoms with Crippen molar-refractivity contribution in [3.05, 3.63) is 65.5 Å². The van der Waals surface area contributed by atoms with Crippen molar-refractivity contribution in [1.29, 1.82) is 0 Å². The standard InChI is InChI=1S/C19H23FN2O3S.ClH/c1-25-12-9-15-5-7-18(8-6-15)26(23,24)22-11-10-21-14-19(22)16-3-2-4-17(20)13-16;/h2-8,13,19,21H,9-12,14H2,1H3;1H. The average molecular weight is 415 g/mol. The number of rotatable bonds is 6. The average Bonchev–Trinajstić information content (AvgIpc) is 2.66. The summed E-state index contributed by atoms with van der Waals surface area (Å²) >= 11 is 0. The van der Waals surface area contributed by atoms with Crippen LogP contribution in [0.25, 0.3) is 0 Å². The summed E-state index contributed by atoms with van der Waals surface area (Å²) in [4.78, 5) is 0.252. The van der Waals surface area contributed by atoms with Gasteiger partial charge in [0.2, 0.25) is 10.0 Å². The van der Waals surface area contributed by atoms with E-state index in [2.05, 4.69) is 5.32 Å². The minimum atomic E-state index is -3.67. The van der Waals surface area contributed by atoms with Crippen molar-refractivity contribution in [3.63, 3.8) is 0 Å². The third-order valence-electron chi connectivity index (χ3n) is 4.55. The maximum atomic E-state index is 13.6. The maximum Gasteiger partial charge on any atom is 0.243 e. The van der Waals surface area contributed by atoms with Crippen LogP contribution in [0.4, 0.5) is 4.39 Å². The fourth-order valence-electron chi connectivity index (χ4n) is 3.15. The van der Waals surface area contributed by atoms with Crippen LogP contribution in [0, 0.1) is 5.82 Å². The van der Waals surface area contributed by atoms with Crippen molar-refractivity contribution in [1.82, 2.24) is 9.62 Å². The third-order valence-corrected chi connectivity index (χ3v) is 6.47. The molecule has 0 aromatic heterocycles. The first-order valence-corrected chi connectivity index (χ1v) is 10.0. The quantitative estimate of drug-likeness (QED) is 0.789. The molecule has 1 fully saturated rings. The minimum Gasteiger partial charge on any atom is -0.384 e. The van der Waals surface area contributed by atoms with Crippen molar-refractivity contribution in [2.45, 2.75) is 17.4 Å². The number of nitrogens with zero attached hydrogens (tertiary/aromatic N) is 1. The molecule has 5 nitrogen and oxygen atoms in total. The number of ether oxygens (including phenoxy) is 1. The van der Waals surface area contributed by atoms with Crippen LogP contribution in [-0.2, 0) is 21.2 Å². The summed E-state index contributed by atoms with van der Waals surface area (Å²) in [6.45, 7) is 1.95. The minimum absolute atomic E-state index is 0. The number of hydrogen-bond acceptors (Lipinski definition) is 4. The second-order valence-electron chi connectivity index (χ2n) is 6.28. The highest BCUT2D eigenvalue weighted by Gasteiger charge is 2.34. The Bertz CT molecular complexity index is 846. The van der Waals surface area contributed by atoms with Gasteiger partial charge in [0, 0.05) is 26.7 Å². The van der Waals surface area contributed by atoms with Crippen molar-refractivity contribution in [2.75, 3.05) is 33.4 Å². The Morgan fingerprint density at radius 1 is 1.22 bits per heavy atom. The summed E-state index contributed by atoms with van der Waals surface area (Å²) in [5, 5.41) is 3.20. The second kappa shape index (κ2) is 9.61. The van der Waals surface area contributed by atoms with Crippen LogP contribution < -0.4 is 5.32 Å². The molecule has 2 aromatic carbocycles. The van der Waals surface area contributed by atoms with Crippen LogP contribution in [0.2, 0.25) is 0 Å². The molecule has 1 unspecified atom stereocenters. The molecular weight excluding hydrogens is 391 g/mol. The van der Waals surface area contributed by atoms with Crippen LogP contribution in [0.3, 0.4) is 0 Å². The van der Waals surface area contributed by atoms with Gasteiger partial charge in [-0.25, -0.2) is 12.8 Å². The zero-order valence-corrected chi connectivity index (χ0v) is 16.7. The first kappa shape index (κ1) is 21.8. The summed E-state index contributed by atoms with van der Waals surface area (Å²) in [7, 11) is -2.04. The Morgan fingerprint density at radius 3 is 2.63 bits per heavy atom. The van der Waals surface area contributed by atoms with E-state index in [-0.39, 0.29) is 23.1 Å². The topological polar surface area (TPSA) is 58.6 Å². The summed E-state index contributed by atoms with van der Waals surface area (Å²) in [6, 6.07) is 12.6. The first-order chi connectivity index (χ1) is 12.5. The molecule has 3 rings (SSSR count). The molecule has 0 saturated carbocycles. The normalized spacial score (nSPS) is 18.1. The Balaban J connectivity index is 0.00000261. The SMILES string of the molecule is COCCc1ccc(S(=O)(=O)N2CCNCC2c2cccc(F)c2)cc1.Cl. The number of halogens is 2. The van der Waals surface area contributed by atoms with E-state index in [0.29, 0.717) is 31.8 Å². The third kappa shape index (κ3) is 5.06. The second-order valence-corrected chi connectivity index (χ2v) is 8.17. The van der Waals surface area contributed by atoms with Gasteiger partial charge in [-0.2, -0.15) is 4.31 Å². The van der Waals surface area contributed by atoms with E-state index in [9.17, 15) is 12.8 Å². The van der Waals surface area contributed by atoms with Gasteiger partial charge in [0.05, 0.1) is 17.5 Å². The monoisotopic (exact) mass is 414 g/mol. The largest absolute Gasteiger partial charge is 0.384 e. The van der Waals surface area contributed by atoms with Crippen molar-refractivity contribution in [3.8, 4) is 0 Å². The fourth-order valence-corrected chi connectivity index (χ4v) is 4.77. The lowest BCUT2D eigenvalue weighted by Crippen LogP contribution is -2.48. The van der Waals surface area contributed by atoms with Crippen LogP contribution >= 0.6 is 12.4 Å². The van der Waals surface area contributed by atoms with Gasteiger partial charge in [0.15, 0.2) is 0 Å². The predicted octanol–water partition coefficient (Wildman–Crippen LogP) is 2.77. The van der Waals surface area contributed by atoms with Crippen molar-refractivity contribution in [2.24, 2.45) is 0 Å². The van der Waals surface area contributed by atoms with Crippen LogP contribution in [0.15, 0.2) is 53.4 Å². The van der Waals surface area contributed by atoms with Gasteiger partial charge < -0.3 is 10.1 Å². The number of nitrogens with one attached hydrogen (secondary N) is 1.